The summed E-state index contributed by atoms with van der Waals surface area (Å²) >= 11 is 0. The molecule has 2 aliphatic heterocycles. The lowest BCUT2D eigenvalue weighted by atomic mass is 10.1. The van der Waals surface area contributed by atoms with E-state index in [1.807, 2.05) is 22.9 Å². The van der Waals surface area contributed by atoms with Crippen LogP contribution in [0.4, 0.5) is 15.8 Å². The molecule has 1 N–H and O–H groups in total. The number of benzene rings is 2. The van der Waals surface area contributed by atoms with E-state index in [1.165, 1.54) is 30.7 Å². The van der Waals surface area contributed by atoms with Gasteiger partial charge in [-0.15, -0.1) is 0 Å². The summed E-state index contributed by atoms with van der Waals surface area (Å²) in [5.74, 6) is 0.0450. The van der Waals surface area contributed by atoms with Crippen LogP contribution in [0.25, 0.3) is 28.2 Å². The standard InChI is InChI=1S/C27H26FN7/c28-23-16-19(4-5-20(23)17-29)26-32-25-24(34-15-3-11-30-18-34)10-12-31-27(25)35(26)22-8-6-21(7-9-22)33-13-1-2-14-33/h4-10,12,16,30H,1-3,11,13-15,18H2. The van der Waals surface area contributed by atoms with Crippen molar-refractivity contribution in [3.05, 3.63) is 66.1 Å². The van der Waals surface area contributed by atoms with Crippen molar-refractivity contribution in [3.8, 4) is 23.1 Å². The third-order valence-corrected chi connectivity index (χ3v) is 6.88. The van der Waals surface area contributed by atoms with Crippen LogP contribution in [0.2, 0.25) is 0 Å². The van der Waals surface area contributed by atoms with Crippen LogP contribution in [0, 0.1) is 17.1 Å². The summed E-state index contributed by atoms with van der Waals surface area (Å²) in [5, 5.41) is 12.6. The molecule has 2 saturated heterocycles. The van der Waals surface area contributed by atoms with Gasteiger partial charge >= 0.3 is 0 Å². The number of nitrogens with zero attached hydrogens (tertiary/aromatic N) is 6. The van der Waals surface area contributed by atoms with Crippen LogP contribution in [-0.2, 0) is 0 Å². The summed E-state index contributed by atoms with van der Waals surface area (Å²) in [7, 11) is 0. The number of anilines is 2. The third-order valence-electron chi connectivity index (χ3n) is 6.88. The maximum Gasteiger partial charge on any atom is 0.167 e. The minimum absolute atomic E-state index is 0.0181. The molecule has 4 heterocycles. The second-order valence-electron chi connectivity index (χ2n) is 9.07. The molecule has 0 saturated carbocycles. The summed E-state index contributed by atoms with van der Waals surface area (Å²) < 4.78 is 16.6. The molecule has 2 aliphatic rings. The summed E-state index contributed by atoms with van der Waals surface area (Å²) in [4.78, 5) is 14.4. The molecular weight excluding hydrogens is 441 g/mol. The van der Waals surface area contributed by atoms with Crippen LogP contribution in [0.5, 0.6) is 0 Å². The number of rotatable bonds is 4. The van der Waals surface area contributed by atoms with Crippen molar-refractivity contribution in [3.63, 3.8) is 0 Å². The maximum absolute atomic E-state index is 14.6. The van der Waals surface area contributed by atoms with Crippen molar-refractivity contribution in [1.29, 1.82) is 5.26 Å². The van der Waals surface area contributed by atoms with E-state index < -0.39 is 5.82 Å². The minimum atomic E-state index is -0.554. The van der Waals surface area contributed by atoms with Gasteiger partial charge in [-0.1, -0.05) is 0 Å². The van der Waals surface area contributed by atoms with Gasteiger partial charge in [-0.05, 0) is 74.3 Å². The van der Waals surface area contributed by atoms with Crippen molar-refractivity contribution in [2.75, 3.05) is 42.6 Å². The average molecular weight is 468 g/mol. The Morgan fingerprint density at radius 2 is 1.69 bits per heavy atom. The fraction of sp³-hybridized carbons (Fsp3) is 0.296. The van der Waals surface area contributed by atoms with Crippen molar-refractivity contribution < 1.29 is 4.39 Å². The molecule has 0 amide bonds. The summed E-state index contributed by atoms with van der Waals surface area (Å²) in [6, 6.07) is 17.0. The van der Waals surface area contributed by atoms with Crippen LogP contribution >= 0.6 is 0 Å². The first-order valence-electron chi connectivity index (χ1n) is 12.1. The molecule has 0 unspecified atom stereocenters. The van der Waals surface area contributed by atoms with Crippen molar-refractivity contribution >= 4 is 22.5 Å². The average Bonchev–Trinajstić information content (AvgIpc) is 3.58. The van der Waals surface area contributed by atoms with E-state index in [-0.39, 0.29) is 5.56 Å². The Labute approximate surface area is 203 Å². The van der Waals surface area contributed by atoms with Crippen LogP contribution in [0.1, 0.15) is 24.8 Å². The normalized spacial score (nSPS) is 16.1. The van der Waals surface area contributed by atoms with E-state index in [2.05, 4.69) is 39.4 Å². The van der Waals surface area contributed by atoms with Gasteiger partial charge in [0, 0.05) is 42.8 Å². The summed E-state index contributed by atoms with van der Waals surface area (Å²) in [6.07, 6.45) is 5.31. The molecule has 6 rings (SSSR count). The molecule has 8 heteroatoms. The molecule has 0 spiro atoms. The number of hydrogen-bond acceptors (Lipinski definition) is 6. The van der Waals surface area contributed by atoms with Crippen molar-refractivity contribution in [2.45, 2.75) is 19.3 Å². The SMILES string of the molecule is N#Cc1ccc(-c2nc3c(N4CCCNC4)ccnc3n2-c2ccc(N3CCCC3)cc2)cc1F. The van der Waals surface area contributed by atoms with Crippen LogP contribution in [0.15, 0.2) is 54.7 Å². The zero-order chi connectivity index (χ0) is 23.8. The highest BCUT2D eigenvalue weighted by Gasteiger charge is 2.22. The molecule has 0 bridgehead atoms. The maximum atomic E-state index is 14.6. The summed E-state index contributed by atoms with van der Waals surface area (Å²) in [6.45, 7) is 4.84. The monoisotopic (exact) mass is 467 g/mol. The fourth-order valence-electron chi connectivity index (χ4n) is 5.08. The number of nitrogens with one attached hydrogen (secondary N) is 1. The van der Waals surface area contributed by atoms with E-state index in [9.17, 15) is 9.65 Å². The Morgan fingerprint density at radius 3 is 2.40 bits per heavy atom. The molecule has 0 atom stereocenters. The van der Waals surface area contributed by atoms with Crippen LogP contribution in [-0.4, -0.2) is 47.4 Å². The van der Waals surface area contributed by atoms with Gasteiger partial charge in [0.25, 0.3) is 0 Å². The lowest BCUT2D eigenvalue weighted by Crippen LogP contribution is -2.41. The highest BCUT2D eigenvalue weighted by molar-refractivity contribution is 5.90. The molecule has 2 fully saturated rings. The highest BCUT2D eigenvalue weighted by atomic mass is 19.1. The first-order chi connectivity index (χ1) is 17.2. The molecule has 7 nitrogen and oxygen atoms in total. The minimum Gasteiger partial charge on any atom is -0.372 e. The number of hydrogen-bond donors (Lipinski definition) is 1. The number of pyridine rings is 1. The van der Waals surface area contributed by atoms with Gasteiger partial charge in [0.1, 0.15) is 23.2 Å². The Balaban J connectivity index is 1.52. The zero-order valence-electron chi connectivity index (χ0n) is 19.4. The molecule has 2 aromatic heterocycles. The molecular formula is C27H26FN7. The second kappa shape index (κ2) is 9.01. The van der Waals surface area contributed by atoms with Gasteiger partial charge in [0.05, 0.1) is 17.9 Å². The van der Waals surface area contributed by atoms with E-state index in [0.29, 0.717) is 11.4 Å². The highest BCUT2D eigenvalue weighted by Crippen LogP contribution is 2.34. The number of nitriles is 1. The van der Waals surface area contributed by atoms with E-state index in [4.69, 9.17) is 9.97 Å². The topological polar surface area (TPSA) is 73.0 Å². The van der Waals surface area contributed by atoms with Crippen molar-refractivity contribution in [2.24, 2.45) is 0 Å². The predicted molar refractivity (Wildman–Crippen MR) is 135 cm³/mol. The smallest absolute Gasteiger partial charge is 0.167 e. The lowest BCUT2D eigenvalue weighted by molar-refractivity contribution is 0.553. The Hall–Kier alpha value is -3.96. The first kappa shape index (κ1) is 21.6. The largest absolute Gasteiger partial charge is 0.372 e. The van der Waals surface area contributed by atoms with Gasteiger partial charge in [0.15, 0.2) is 5.65 Å². The third kappa shape index (κ3) is 3.88. The van der Waals surface area contributed by atoms with Crippen LogP contribution in [0.3, 0.4) is 0 Å². The molecule has 176 valence electrons. The van der Waals surface area contributed by atoms with Gasteiger partial charge in [0.2, 0.25) is 0 Å². The van der Waals surface area contributed by atoms with E-state index >= 15 is 0 Å². The van der Waals surface area contributed by atoms with Gasteiger partial charge in [-0.2, -0.15) is 5.26 Å². The Kier molecular flexibility index (Phi) is 5.55. The van der Waals surface area contributed by atoms with Gasteiger partial charge in [-0.25, -0.2) is 14.4 Å². The van der Waals surface area contributed by atoms with Crippen LogP contribution < -0.4 is 15.1 Å². The molecule has 0 radical (unpaired) electrons. The zero-order valence-corrected chi connectivity index (χ0v) is 19.4. The lowest BCUT2D eigenvalue weighted by Gasteiger charge is -2.29. The van der Waals surface area contributed by atoms with E-state index in [0.717, 1.165) is 61.8 Å². The number of imidazole rings is 1. The second-order valence-corrected chi connectivity index (χ2v) is 9.07. The van der Waals surface area contributed by atoms with Gasteiger partial charge in [-0.3, -0.25) is 9.88 Å². The van der Waals surface area contributed by atoms with E-state index in [1.54, 1.807) is 6.07 Å². The van der Waals surface area contributed by atoms with Crippen molar-refractivity contribution in [1.82, 2.24) is 19.9 Å². The quantitative estimate of drug-likeness (QED) is 0.478. The molecule has 0 aliphatic carbocycles. The number of aromatic nitrogens is 3. The predicted octanol–water partition coefficient (Wildman–Crippen LogP) is 4.46. The first-order valence-corrected chi connectivity index (χ1v) is 12.1. The molecule has 2 aromatic carbocycles. The number of halogens is 1. The summed E-state index contributed by atoms with van der Waals surface area (Å²) in [5.41, 5.74) is 5.24. The Morgan fingerprint density at radius 1 is 0.914 bits per heavy atom. The molecule has 4 aromatic rings. The van der Waals surface area contributed by atoms with Gasteiger partial charge < -0.3 is 9.80 Å². The Bertz CT molecular complexity index is 1410. The number of fused-ring (bicyclic) bond motifs is 1. The molecule has 35 heavy (non-hydrogen) atoms. The fourth-order valence-corrected chi connectivity index (χ4v) is 5.08.